The number of benzene rings is 2. The zero-order valence-corrected chi connectivity index (χ0v) is 12.1. The van der Waals surface area contributed by atoms with Gasteiger partial charge in [0.2, 0.25) is 0 Å². The number of nitrogens with one attached hydrogen (secondary N) is 1. The van der Waals surface area contributed by atoms with Crippen LogP contribution in [-0.2, 0) is 0 Å². The van der Waals surface area contributed by atoms with Gasteiger partial charge < -0.3 is 5.32 Å². The number of nitro benzene ring substituents is 1. The van der Waals surface area contributed by atoms with Crippen LogP contribution < -0.4 is 5.32 Å². The van der Waals surface area contributed by atoms with Crippen LogP contribution in [0.2, 0.25) is 0 Å². The SMILES string of the molecule is CC(Nc1nc2ccccc2s1)c1cccc([N+](=O)[O-])c1. The van der Waals surface area contributed by atoms with Crippen LogP contribution in [0.25, 0.3) is 10.2 Å². The van der Waals surface area contributed by atoms with E-state index in [-0.39, 0.29) is 16.7 Å². The number of nitro groups is 1. The maximum absolute atomic E-state index is 10.8. The topological polar surface area (TPSA) is 68.1 Å². The van der Waals surface area contributed by atoms with Gasteiger partial charge in [0.15, 0.2) is 5.13 Å². The zero-order valence-electron chi connectivity index (χ0n) is 11.3. The molecule has 1 aromatic heterocycles. The third-order valence-corrected chi connectivity index (χ3v) is 4.18. The third kappa shape index (κ3) is 2.85. The van der Waals surface area contributed by atoms with Crippen molar-refractivity contribution in [2.45, 2.75) is 13.0 Å². The standard InChI is InChI=1S/C15H13N3O2S/c1-10(11-5-4-6-12(9-11)18(19)20)16-15-17-13-7-2-3-8-14(13)21-15/h2-10H,1H3,(H,16,17). The molecule has 6 heteroatoms. The Morgan fingerprint density at radius 2 is 2.05 bits per heavy atom. The minimum Gasteiger partial charge on any atom is -0.355 e. The molecule has 3 rings (SSSR count). The Kier molecular flexibility index (Phi) is 3.53. The molecule has 1 N–H and O–H groups in total. The van der Waals surface area contributed by atoms with E-state index in [0.29, 0.717) is 0 Å². The molecule has 3 aromatic rings. The third-order valence-electron chi connectivity index (χ3n) is 3.21. The molecule has 0 saturated heterocycles. The van der Waals surface area contributed by atoms with Crippen LogP contribution in [0.5, 0.6) is 0 Å². The zero-order chi connectivity index (χ0) is 14.8. The lowest BCUT2D eigenvalue weighted by Crippen LogP contribution is -2.06. The summed E-state index contributed by atoms with van der Waals surface area (Å²) in [5, 5.41) is 14.9. The van der Waals surface area contributed by atoms with Gasteiger partial charge in [-0.2, -0.15) is 0 Å². The summed E-state index contributed by atoms with van der Waals surface area (Å²) >= 11 is 1.57. The lowest BCUT2D eigenvalue weighted by Gasteiger charge is -2.12. The lowest BCUT2D eigenvalue weighted by molar-refractivity contribution is -0.384. The largest absolute Gasteiger partial charge is 0.355 e. The fourth-order valence-corrected chi connectivity index (χ4v) is 3.06. The van der Waals surface area contributed by atoms with Crippen molar-refractivity contribution in [3.05, 3.63) is 64.2 Å². The Labute approximate surface area is 125 Å². The molecule has 1 atom stereocenters. The summed E-state index contributed by atoms with van der Waals surface area (Å²) in [4.78, 5) is 15.0. The Bertz CT molecular complexity index is 767. The fourth-order valence-electron chi connectivity index (χ4n) is 2.11. The maximum Gasteiger partial charge on any atom is 0.269 e. The average Bonchev–Trinajstić information content (AvgIpc) is 2.89. The van der Waals surface area contributed by atoms with E-state index < -0.39 is 0 Å². The summed E-state index contributed by atoms with van der Waals surface area (Å²) in [6, 6.07) is 14.5. The van der Waals surface area contributed by atoms with Crippen molar-refractivity contribution in [3.63, 3.8) is 0 Å². The molecule has 5 nitrogen and oxygen atoms in total. The average molecular weight is 299 g/mol. The van der Waals surface area contributed by atoms with Crippen LogP contribution in [-0.4, -0.2) is 9.91 Å². The van der Waals surface area contributed by atoms with E-state index in [9.17, 15) is 10.1 Å². The highest BCUT2D eigenvalue weighted by molar-refractivity contribution is 7.22. The van der Waals surface area contributed by atoms with Gasteiger partial charge in [0.25, 0.3) is 5.69 Å². The van der Waals surface area contributed by atoms with E-state index >= 15 is 0 Å². The van der Waals surface area contributed by atoms with Crippen LogP contribution >= 0.6 is 11.3 Å². The Balaban J connectivity index is 1.83. The lowest BCUT2D eigenvalue weighted by atomic mass is 10.1. The van der Waals surface area contributed by atoms with Gasteiger partial charge in [0.1, 0.15) is 0 Å². The predicted molar refractivity (Wildman–Crippen MR) is 84.8 cm³/mol. The number of hydrogen-bond donors (Lipinski definition) is 1. The van der Waals surface area contributed by atoms with Crippen LogP contribution in [0.15, 0.2) is 48.5 Å². The highest BCUT2D eigenvalue weighted by Crippen LogP contribution is 2.29. The molecule has 2 aromatic carbocycles. The van der Waals surface area contributed by atoms with Crippen molar-refractivity contribution in [1.29, 1.82) is 0 Å². The minimum absolute atomic E-state index is 0.0505. The summed E-state index contributed by atoms with van der Waals surface area (Å²) in [6.07, 6.45) is 0. The number of thiazole rings is 1. The van der Waals surface area contributed by atoms with Gasteiger partial charge in [-0.15, -0.1) is 0 Å². The highest BCUT2D eigenvalue weighted by atomic mass is 32.1. The number of fused-ring (bicyclic) bond motifs is 1. The summed E-state index contributed by atoms with van der Waals surface area (Å²) in [7, 11) is 0. The second-order valence-electron chi connectivity index (χ2n) is 4.70. The van der Waals surface area contributed by atoms with Crippen LogP contribution in [0, 0.1) is 10.1 Å². The monoisotopic (exact) mass is 299 g/mol. The van der Waals surface area contributed by atoms with Crippen molar-refractivity contribution < 1.29 is 4.92 Å². The summed E-state index contributed by atoms with van der Waals surface area (Å²) in [6.45, 7) is 1.96. The van der Waals surface area contributed by atoms with Gasteiger partial charge in [-0.25, -0.2) is 4.98 Å². The van der Waals surface area contributed by atoms with Gasteiger partial charge in [-0.05, 0) is 24.6 Å². The molecule has 0 spiro atoms. The molecule has 0 saturated carbocycles. The molecule has 0 amide bonds. The van der Waals surface area contributed by atoms with E-state index in [1.807, 2.05) is 37.3 Å². The molecular formula is C15H13N3O2S. The van der Waals surface area contributed by atoms with Crippen molar-refractivity contribution in [2.75, 3.05) is 5.32 Å². The normalized spacial score (nSPS) is 12.2. The predicted octanol–water partition coefficient (Wildman–Crippen LogP) is 4.38. The number of rotatable bonds is 4. The number of para-hydroxylation sites is 1. The van der Waals surface area contributed by atoms with Gasteiger partial charge >= 0.3 is 0 Å². The molecule has 0 bridgehead atoms. The Morgan fingerprint density at radius 3 is 2.81 bits per heavy atom. The molecule has 106 valence electrons. The number of anilines is 1. The second-order valence-corrected chi connectivity index (χ2v) is 5.74. The van der Waals surface area contributed by atoms with Crippen molar-refractivity contribution in [1.82, 2.24) is 4.98 Å². The van der Waals surface area contributed by atoms with Gasteiger partial charge in [-0.3, -0.25) is 10.1 Å². The molecule has 1 heterocycles. The van der Waals surface area contributed by atoms with E-state index in [1.54, 1.807) is 23.5 Å². The number of hydrogen-bond acceptors (Lipinski definition) is 5. The highest BCUT2D eigenvalue weighted by Gasteiger charge is 2.12. The van der Waals surface area contributed by atoms with E-state index in [4.69, 9.17) is 0 Å². The Hall–Kier alpha value is -2.47. The molecular weight excluding hydrogens is 286 g/mol. The number of nitrogens with zero attached hydrogens (tertiary/aromatic N) is 2. The molecule has 1 unspecified atom stereocenters. The first-order valence-electron chi connectivity index (χ1n) is 6.50. The molecule has 0 aliphatic rings. The fraction of sp³-hybridized carbons (Fsp3) is 0.133. The van der Waals surface area contributed by atoms with Gasteiger partial charge in [-0.1, -0.05) is 35.6 Å². The first-order valence-corrected chi connectivity index (χ1v) is 7.31. The Morgan fingerprint density at radius 1 is 1.24 bits per heavy atom. The molecule has 21 heavy (non-hydrogen) atoms. The number of aromatic nitrogens is 1. The van der Waals surface area contributed by atoms with Crippen LogP contribution in [0.4, 0.5) is 10.8 Å². The summed E-state index contributed by atoms with van der Waals surface area (Å²) in [5.41, 5.74) is 1.92. The van der Waals surface area contributed by atoms with E-state index in [2.05, 4.69) is 10.3 Å². The van der Waals surface area contributed by atoms with Gasteiger partial charge in [0.05, 0.1) is 21.2 Å². The molecule has 0 aliphatic carbocycles. The van der Waals surface area contributed by atoms with Crippen molar-refractivity contribution >= 4 is 32.4 Å². The first-order chi connectivity index (χ1) is 10.1. The quantitative estimate of drug-likeness (QED) is 0.573. The van der Waals surface area contributed by atoms with Crippen LogP contribution in [0.1, 0.15) is 18.5 Å². The minimum atomic E-state index is -0.381. The van der Waals surface area contributed by atoms with Crippen molar-refractivity contribution in [3.8, 4) is 0 Å². The molecule has 0 fully saturated rings. The smallest absolute Gasteiger partial charge is 0.269 e. The second kappa shape index (κ2) is 5.49. The number of non-ortho nitro benzene ring substituents is 1. The summed E-state index contributed by atoms with van der Waals surface area (Å²) < 4.78 is 1.12. The molecule has 0 radical (unpaired) electrons. The van der Waals surface area contributed by atoms with Crippen LogP contribution in [0.3, 0.4) is 0 Å². The molecule has 0 aliphatic heterocycles. The van der Waals surface area contributed by atoms with Crippen molar-refractivity contribution in [2.24, 2.45) is 0 Å². The van der Waals surface area contributed by atoms with E-state index in [0.717, 1.165) is 20.9 Å². The van der Waals surface area contributed by atoms with E-state index in [1.165, 1.54) is 6.07 Å². The maximum atomic E-state index is 10.8. The summed E-state index contributed by atoms with van der Waals surface area (Å²) in [5.74, 6) is 0. The van der Waals surface area contributed by atoms with Gasteiger partial charge in [0, 0.05) is 12.1 Å². The first kappa shape index (κ1) is 13.5.